The highest BCUT2D eigenvalue weighted by atomic mass is 19.3. The molecule has 9 heteroatoms. The summed E-state index contributed by atoms with van der Waals surface area (Å²) >= 11 is 0. The molecule has 0 radical (unpaired) electrons. The lowest BCUT2D eigenvalue weighted by atomic mass is 10.2. The third-order valence-corrected chi connectivity index (χ3v) is 4.01. The Hall–Kier alpha value is -2.55. The highest BCUT2D eigenvalue weighted by molar-refractivity contribution is 5.88. The van der Waals surface area contributed by atoms with Crippen LogP contribution in [0.4, 0.5) is 19.4 Å². The molecule has 1 unspecified atom stereocenters. The van der Waals surface area contributed by atoms with Crippen LogP contribution in [0.15, 0.2) is 30.6 Å². The summed E-state index contributed by atoms with van der Waals surface area (Å²) in [6.45, 7) is 4.54. The molecule has 0 aromatic carbocycles. The fraction of sp³-hybridized carbons (Fsp3) is 0.500. The van der Waals surface area contributed by atoms with Gasteiger partial charge in [0.1, 0.15) is 0 Å². The summed E-state index contributed by atoms with van der Waals surface area (Å²) in [5, 5.41) is 19.4. The lowest BCUT2D eigenvalue weighted by Crippen LogP contribution is -2.37. The Kier molecular flexibility index (Phi) is 7.23. The van der Waals surface area contributed by atoms with Crippen LogP contribution in [0, 0.1) is 5.92 Å². The second kappa shape index (κ2) is 9.40. The first-order valence-corrected chi connectivity index (χ1v) is 8.82. The summed E-state index contributed by atoms with van der Waals surface area (Å²) in [5.41, 5.74) is 0.743. The number of aromatic nitrogens is 3. The first kappa shape index (κ1) is 20.8. The van der Waals surface area contributed by atoms with Crippen molar-refractivity contribution in [1.82, 2.24) is 20.1 Å². The van der Waals surface area contributed by atoms with Crippen molar-refractivity contribution in [2.24, 2.45) is 5.92 Å². The minimum Gasteiger partial charge on any atom is -0.389 e. The molecule has 1 aliphatic carbocycles. The summed E-state index contributed by atoms with van der Waals surface area (Å²) in [7, 11) is 0. The van der Waals surface area contributed by atoms with Crippen molar-refractivity contribution < 1.29 is 18.7 Å². The van der Waals surface area contributed by atoms with Gasteiger partial charge in [0.2, 0.25) is 6.43 Å². The first-order chi connectivity index (χ1) is 12.8. The molecule has 2 aromatic rings. The number of nitrogens with zero attached hydrogens (tertiary/aromatic N) is 3. The minimum atomic E-state index is -2.17. The molecule has 2 atom stereocenters. The summed E-state index contributed by atoms with van der Waals surface area (Å²) in [6.07, 6.45) is 2.99. The average molecular weight is 381 g/mol. The minimum absolute atomic E-state index is 0.187. The highest BCUT2D eigenvalue weighted by Gasteiger charge is 2.28. The second-order valence-electron chi connectivity index (χ2n) is 6.51. The number of halogens is 2. The van der Waals surface area contributed by atoms with E-state index in [1.807, 2.05) is 6.92 Å². The predicted molar refractivity (Wildman–Crippen MR) is 98.0 cm³/mol. The van der Waals surface area contributed by atoms with Crippen LogP contribution in [0.3, 0.4) is 0 Å². The van der Waals surface area contributed by atoms with Crippen molar-refractivity contribution in [2.45, 2.75) is 52.2 Å². The average Bonchev–Trinajstić information content (AvgIpc) is 3.35. The van der Waals surface area contributed by atoms with E-state index in [4.69, 9.17) is 0 Å². The van der Waals surface area contributed by atoms with E-state index in [2.05, 4.69) is 20.7 Å². The van der Waals surface area contributed by atoms with Crippen molar-refractivity contribution in [2.75, 3.05) is 5.32 Å². The van der Waals surface area contributed by atoms with Gasteiger partial charge in [-0.25, -0.2) is 23.2 Å². The normalized spacial score (nSPS) is 15.5. The Morgan fingerprint density at radius 3 is 2.44 bits per heavy atom. The third kappa shape index (κ3) is 6.93. The molecule has 148 valence electrons. The number of nitrogens with one attached hydrogen (secondary N) is 2. The Labute approximate surface area is 156 Å². The number of rotatable bonds is 5. The van der Waals surface area contributed by atoms with E-state index < -0.39 is 12.5 Å². The van der Waals surface area contributed by atoms with Gasteiger partial charge in [-0.3, -0.25) is 5.32 Å². The van der Waals surface area contributed by atoms with E-state index in [0.29, 0.717) is 17.6 Å². The Balaban J connectivity index is 0.000000596. The number of alkyl halides is 2. The molecule has 2 heterocycles. The number of urea groups is 1. The van der Waals surface area contributed by atoms with Crippen LogP contribution in [0.5, 0.6) is 0 Å². The highest BCUT2D eigenvalue weighted by Crippen LogP contribution is 2.32. The van der Waals surface area contributed by atoms with Gasteiger partial charge in [0.25, 0.3) is 0 Å². The quantitative estimate of drug-likeness (QED) is 0.739. The van der Waals surface area contributed by atoms with Crippen LogP contribution in [-0.2, 0) is 0 Å². The Morgan fingerprint density at radius 2 is 1.93 bits per heavy atom. The molecular formula is C18H25F2N5O2. The molecule has 1 saturated carbocycles. The Bertz CT molecular complexity index is 727. The fourth-order valence-corrected chi connectivity index (χ4v) is 2.37. The van der Waals surface area contributed by atoms with E-state index in [0.717, 1.165) is 12.5 Å². The molecule has 0 aliphatic heterocycles. The zero-order valence-corrected chi connectivity index (χ0v) is 15.6. The second-order valence-corrected chi connectivity index (χ2v) is 6.51. The summed E-state index contributed by atoms with van der Waals surface area (Å²) < 4.78 is 22.2. The van der Waals surface area contributed by atoms with Gasteiger partial charge >= 0.3 is 6.03 Å². The summed E-state index contributed by atoms with van der Waals surface area (Å²) in [4.78, 5) is 16.2. The van der Waals surface area contributed by atoms with E-state index in [-0.39, 0.29) is 12.1 Å². The van der Waals surface area contributed by atoms with Crippen LogP contribution in [0.1, 0.15) is 45.3 Å². The van der Waals surface area contributed by atoms with E-state index in [1.165, 1.54) is 12.8 Å². The van der Waals surface area contributed by atoms with Crippen molar-refractivity contribution in [3.8, 4) is 5.82 Å². The van der Waals surface area contributed by atoms with Gasteiger partial charge in [0, 0.05) is 24.5 Å². The lowest BCUT2D eigenvalue weighted by Gasteiger charge is -2.12. The topological polar surface area (TPSA) is 92.1 Å². The largest absolute Gasteiger partial charge is 0.389 e. The lowest BCUT2D eigenvalue weighted by molar-refractivity contribution is 0.171. The van der Waals surface area contributed by atoms with E-state index in [9.17, 15) is 18.7 Å². The number of hydrogen-bond acceptors (Lipinski definition) is 4. The number of pyridine rings is 1. The first-order valence-electron chi connectivity index (χ1n) is 8.82. The molecule has 2 amide bonds. The maximum Gasteiger partial charge on any atom is 0.320 e. The number of aliphatic hydroxyl groups is 1. The zero-order valence-electron chi connectivity index (χ0n) is 15.6. The van der Waals surface area contributed by atoms with E-state index >= 15 is 0 Å². The number of carbonyl (C=O) groups is 1. The number of aliphatic hydroxyl groups excluding tert-OH is 1. The monoisotopic (exact) mass is 381 g/mol. The standard InChI is InChI=1S/C16H21N5O2.C2H4F2/c1-10(12-3-4-12)18-16(23)19-14-7-8-21(20-14)15-6-5-13(9-17-15)11(2)22;1-2(3)4/h5-12,22H,3-4H2,1-2H3,(H2,18,19,20,23);2H,1H3/t10-,11?;/m0./s1. The van der Waals surface area contributed by atoms with Gasteiger partial charge in [-0.05, 0) is 51.2 Å². The van der Waals surface area contributed by atoms with Gasteiger partial charge < -0.3 is 10.4 Å². The number of hydrogen-bond donors (Lipinski definition) is 3. The smallest absolute Gasteiger partial charge is 0.320 e. The number of carbonyl (C=O) groups excluding carboxylic acids is 1. The Morgan fingerprint density at radius 1 is 1.26 bits per heavy atom. The molecule has 1 fully saturated rings. The van der Waals surface area contributed by atoms with Crippen LogP contribution in [-0.4, -0.2) is 38.4 Å². The summed E-state index contributed by atoms with van der Waals surface area (Å²) in [6, 6.07) is 5.23. The maximum atomic E-state index is 11.9. The van der Waals surface area contributed by atoms with Crippen LogP contribution in [0.25, 0.3) is 5.82 Å². The van der Waals surface area contributed by atoms with Gasteiger partial charge in [-0.2, -0.15) is 0 Å². The van der Waals surface area contributed by atoms with Crippen molar-refractivity contribution in [1.29, 1.82) is 0 Å². The molecule has 7 nitrogen and oxygen atoms in total. The molecule has 27 heavy (non-hydrogen) atoms. The molecule has 1 aliphatic rings. The molecular weight excluding hydrogens is 356 g/mol. The van der Waals surface area contributed by atoms with Crippen molar-refractivity contribution in [3.63, 3.8) is 0 Å². The maximum absolute atomic E-state index is 11.9. The number of amides is 2. The van der Waals surface area contributed by atoms with Crippen LogP contribution < -0.4 is 10.6 Å². The van der Waals surface area contributed by atoms with Gasteiger partial charge in [0.05, 0.1) is 6.10 Å². The van der Waals surface area contributed by atoms with Crippen molar-refractivity contribution >= 4 is 11.8 Å². The molecule has 3 rings (SSSR count). The predicted octanol–water partition coefficient (Wildman–Crippen LogP) is 3.51. The molecule has 2 aromatic heterocycles. The van der Waals surface area contributed by atoms with Crippen LogP contribution in [0.2, 0.25) is 0 Å². The molecule has 0 bridgehead atoms. The third-order valence-electron chi connectivity index (χ3n) is 4.01. The van der Waals surface area contributed by atoms with Gasteiger partial charge in [-0.15, -0.1) is 5.10 Å². The molecule has 0 saturated heterocycles. The van der Waals surface area contributed by atoms with Gasteiger partial charge in [0.15, 0.2) is 11.6 Å². The summed E-state index contributed by atoms with van der Waals surface area (Å²) in [5.74, 6) is 1.69. The molecule has 0 spiro atoms. The SMILES string of the molecule is CC(F)F.CC(O)c1ccc(-n2ccc(NC(=O)N[C@@H](C)C3CC3)n2)nc1. The fourth-order valence-electron chi connectivity index (χ4n) is 2.37. The van der Waals surface area contributed by atoms with Crippen molar-refractivity contribution in [3.05, 3.63) is 36.2 Å². The molecule has 3 N–H and O–H groups in total. The number of anilines is 1. The van der Waals surface area contributed by atoms with E-state index in [1.54, 1.807) is 42.2 Å². The zero-order chi connectivity index (χ0) is 20.0. The van der Waals surface area contributed by atoms with Crippen LogP contribution >= 0.6 is 0 Å². The van der Waals surface area contributed by atoms with Gasteiger partial charge in [-0.1, -0.05) is 6.07 Å².